The van der Waals surface area contributed by atoms with E-state index < -0.39 is 0 Å². The average Bonchev–Trinajstić information content (AvgIpc) is 2.48. The molecule has 1 N–H and O–H groups in total. The highest BCUT2D eigenvalue weighted by atomic mass is 16.5. The van der Waals surface area contributed by atoms with Gasteiger partial charge in [0.2, 0.25) is 0 Å². The summed E-state index contributed by atoms with van der Waals surface area (Å²) in [6.45, 7) is 4.48. The molecule has 0 aromatic heterocycles. The predicted molar refractivity (Wildman–Crippen MR) is 88.7 cm³/mol. The number of hydrogen-bond donors (Lipinski definition) is 1. The van der Waals surface area contributed by atoms with Crippen LogP contribution in [0.25, 0.3) is 0 Å². The second-order valence-corrected chi connectivity index (χ2v) is 6.58. The van der Waals surface area contributed by atoms with Crippen LogP contribution >= 0.6 is 0 Å². The summed E-state index contributed by atoms with van der Waals surface area (Å²) in [5.74, 6) is 2.60. The Labute approximate surface area is 129 Å². The van der Waals surface area contributed by atoms with E-state index >= 15 is 0 Å². The van der Waals surface area contributed by atoms with Crippen molar-refractivity contribution in [2.45, 2.75) is 38.8 Å². The lowest BCUT2D eigenvalue weighted by atomic mass is 9.78. The van der Waals surface area contributed by atoms with Gasteiger partial charge in [0, 0.05) is 24.7 Å². The van der Waals surface area contributed by atoms with E-state index in [0.29, 0.717) is 6.04 Å². The zero-order chi connectivity index (χ0) is 15.2. The summed E-state index contributed by atoms with van der Waals surface area (Å²) in [6, 6.07) is 8.99. The van der Waals surface area contributed by atoms with Crippen molar-refractivity contribution in [1.29, 1.82) is 0 Å². The summed E-state index contributed by atoms with van der Waals surface area (Å²) in [4.78, 5) is 2.44. The van der Waals surface area contributed by atoms with Crippen LogP contribution in [-0.2, 0) is 6.54 Å². The van der Waals surface area contributed by atoms with E-state index in [1.165, 1.54) is 24.8 Å². The monoisotopic (exact) mass is 290 g/mol. The van der Waals surface area contributed by atoms with E-state index in [9.17, 15) is 0 Å². The van der Waals surface area contributed by atoms with Crippen LogP contribution in [0.15, 0.2) is 24.3 Å². The third kappa shape index (κ3) is 4.45. The van der Waals surface area contributed by atoms with Crippen LogP contribution in [-0.4, -0.2) is 38.7 Å². The Kier molecular flexibility index (Phi) is 6.07. The van der Waals surface area contributed by atoms with Gasteiger partial charge in [0.05, 0.1) is 7.11 Å². The molecule has 2 rings (SSSR count). The number of benzene rings is 1. The summed E-state index contributed by atoms with van der Waals surface area (Å²) >= 11 is 0. The lowest BCUT2D eigenvalue weighted by Crippen LogP contribution is -2.43. The van der Waals surface area contributed by atoms with Gasteiger partial charge in [-0.25, -0.2) is 0 Å². The third-order valence-corrected chi connectivity index (χ3v) is 4.79. The summed E-state index contributed by atoms with van der Waals surface area (Å²) < 4.78 is 5.46. The van der Waals surface area contributed by atoms with Crippen molar-refractivity contribution in [2.24, 2.45) is 11.8 Å². The van der Waals surface area contributed by atoms with Crippen LogP contribution in [0, 0.1) is 11.8 Å². The first-order valence-electron chi connectivity index (χ1n) is 8.11. The number of nitrogens with one attached hydrogen (secondary N) is 1. The maximum atomic E-state index is 5.46. The predicted octanol–water partition coefficient (Wildman–Crippen LogP) is 3.15. The summed E-state index contributed by atoms with van der Waals surface area (Å²) in [7, 11) is 6.07. The molecule has 21 heavy (non-hydrogen) atoms. The van der Waals surface area contributed by atoms with E-state index in [1.54, 1.807) is 7.11 Å². The number of nitrogens with zero attached hydrogens (tertiary/aromatic N) is 1. The second kappa shape index (κ2) is 7.81. The molecule has 3 unspecified atom stereocenters. The molecule has 0 spiro atoms. The number of rotatable bonds is 6. The van der Waals surface area contributed by atoms with Crippen molar-refractivity contribution >= 4 is 0 Å². The standard InChI is InChI=1S/C18H30N2O/c1-14-9-10-17(19-2)16(11-14)13-20(3)12-15-7-5-6-8-18(15)21-4/h5-8,14,16-17,19H,9-13H2,1-4H3. The van der Waals surface area contributed by atoms with Gasteiger partial charge in [-0.2, -0.15) is 0 Å². The van der Waals surface area contributed by atoms with Crippen LogP contribution in [0.1, 0.15) is 31.7 Å². The summed E-state index contributed by atoms with van der Waals surface area (Å²) in [6.07, 6.45) is 4.00. The molecule has 0 radical (unpaired) electrons. The van der Waals surface area contributed by atoms with Gasteiger partial charge in [0.1, 0.15) is 5.75 Å². The molecule has 1 aliphatic carbocycles. The number of methoxy groups -OCH3 is 1. The molecule has 1 saturated carbocycles. The van der Waals surface area contributed by atoms with Crippen molar-refractivity contribution in [2.75, 3.05) is 27.7 Å². The van der Waals surface area contributed by atoms with Gasteiger partial charge in [-0.1, -0.05) is 25.1 Å². The van der Waals surface area contributed by atoms with Gasteiger partial charge >= 0.3 is 0 Å². The quantitative estimate of drug-likeness (QED) is 0.871. The molecule has 0 amide bonds. The molecule has 1 aromatic carbocycles. The molecule has 3 nitrogen and oxygen atoms in total. The minimum absolute atomic E-state index is 0.668. The van der Waals surface area contributed by atoms with E-state index in [0.717, 1.165) is 30.7 Å². The molecular weight excluding hydrogens is 260 g/mol. The zero-order valence-electron chi connectivity index (χ0n) is 13.9. The van der Waals surface area contributed by atoms with Gasteiger partial charge in [0.25, 0.3) is 0 Å². The molecule has 0 saturated heterocycles. The highest BCUT2D eigenvalue weighted by Crippen LogP contribution is 2.30. The largest absolute Gasteiger partial charge is 0.496 e. The van der Waals surface area contributed by atoms with Crippen molar-refractivity contribution in [3.63, 3.8) is 0 Å². The van der Waals surface area contributed by atoms with Crippen LogP contribution in [0.5, 0.6) is 5.75 Å². The van der Waals surface area contributed by atoms with Crippen molar-refractivity contribution < 1.29 is 4.74 Å². The molecule has 1 aliphatic rings. The maximum absolute atomic E-state index is 5.46. The first-order chi connectivity index (χ1) is 10.1. The highest BCUT2D eigenvalue weighted by molar-refractivity contribution is 5.33. The molecule has 0 aliphatic heterocycles. The fourth-order valence-electron chi connectivity index (χ4n) is 3.67. The first kappa shape index (κ1) is 16.3. The normalized spacial score (nSPS) is 26.0. The molecule has 3 atom stereocenters. The van der Waals surface area contributed by atoms with Gasteiger partial charge in [-0.3, -0.25) is 0 Å². The molecule has 3 heteroatoms. The Morgan fingerprint density at radius 3 is 2.76 bits per heavy atom. The van der Waals surface area contributed by atoms with E-state index in [4.69, 9.17) is 4.74 Å². The van der Waals surface area contributed by atoms with Gasteiger partial charge in [-0.05, 0) is 51.3 Å². The SMILES string of the molecule is CNC1CCC(C)CC1CN(C)Cc1ccccc1OC. The first-order valence-corrected chi connectivity index (χ1v) is 8.11. The van der Waals surface area contributed by atoms with Crippen LogP contribution in [0.2, 0.25) is 0 Å². The molecule has 0 heterocycles. The molecule has 1 aromatic rings. The number of para-hydroxylation sites is 1. The Bertz CT molecular complexity index is 435. The summed E-state index contributed by atoms with van der Waals surface area (Å²) in [5, 5.41) is 3.51. The Hall–Kier alpha value is -1.06. The minimum atomic E-state index is 0.668. The Morgan fingerprint density at radius 2 is 2.05 bits per heavy atom. The Morgan fingerprint density at radius 1 is 1.29 bits per heavy atom. The molecule has 1 fully saturated rings. The van der Waals surface area contributed by atoms with E-state index in [2.05, 4.69) is 43.4 Å². The van der Waals surface area contributed by atoms with Crippen LogP contribution in [0.3, 0.4) is 0 Å². The third-order valence-electron chi connectivity index (χ3n) is 4.79. The fourth-order valence-corrected chi connectivity index (χ4v) is 3.67. The molecule has 0 bridgehead atoms. The lowest BCUT2D eigenvalue weighted by Gasteiger charge is -2.37. The maximum Gasteiger partial charge on any atom is 0.123 e. The second-order valence-electron chi connectivity index (χ2n) is 6.58. The van der Waals surface area contributed by atoms with Gasteiger partial charge < -0.3 is 15.0 Å². The summed E-state index contributed by atoms with van der Waals surface area (Å²) in [5.41, 5.74) is 1.27. The average molecular weight is 290 g/mol. The number of ether oxygens (including phenoxy) is 1. The topological polar surface area (TPSA) is 24.5 Å². The van der Waals surface area contributed by atoms with Gasteiger partial charge in [-0.15, -0.1) is 0 Å². The minimum Gasteiger partial charge on any atom is -0.496 e. The van der Waals surface area contributed by atoms with Crippen molar-refractivity contribution in [3.05, 3.63) is 29.8 Å². The Balaban J connectivity index is 1.95. The van der Waals surface area contributed by atoms with E-state index in [-0.39, 0.29) is 0 Å². The van der Waals surface area contributed by atoms with E-state index in [1.807, 2.05) is 12.1 Å². The van der Waals surface area contributed by atoms with Crippen LogP contribution < -0.4 is 10.1 Å². The number of hydrogen-bond acceptors (Lipinski definition) is 3. The van der Waals surface area contributed by atoms with Crippen LogP contribution in [0.4, 0.5) is 0 Å². The smallest absolute Gasteiger partial charge is 0.123 e. The van der Waals surface area contributed by atoms with Crippen molar-refractivity contribution in [3.8, 4) is 5.75 Å². The lowest BCUT2D eigenvalue weighted by molar-refractivity contribution is 0.161. The fraction of sp³-hybridized carbons (Fsp3) is 0.667. The van der Waals surface area contributed by atoms with Crippen molar-refractivity contribution in [1.82, 2.24) is 10.2 Å². The highest BCUT2D eigenvalue weighted by Gasteiger charge is 2.28. The van der Waals surface area contributed by atoms with Gasteiger partial charge in [0.15, 0.2) is 0 Å². The molecule has 118 valence electrons. The molecular formula is C18H30N2O. The zero-order valence-corrected chi connectivity index (χ0v) is 13.9.